The lowest BCUT2D eigenvalue weighted by atomic mass is 9.83. The number of hydrogen-bond donors (Lipinski definition) is 5. The van der Waals surface area contributed by atoms with Crippen molar-refractivity contribution in [1.29, 1.82) is 0 Å². The standard InChI is InChI=1S/C12H23N3O2S.H2O4S/c1-5-12(13)7-6-11(8-9(12)2)14-10(3)15-18(4,16)17;1-5(2,3)4/h6-8,10-11,14-15H,5,13H2,1-4H3;(H2,1,2,3,4). The van der Waals surface area contributed by atoms with E-state index in [1.54, 1.807) is 6.92 Å². The van der Waals surface area contributed by atoms with Crippen molar-refractivity contribution in [1.82, 2.24) is 10.0 Å². The van der Waals surface area contributed by atoms with E-state index in [2.05, 4.69) is 10.0 Å². The molecule has 0 amide bonds. The number of nitrogens with two attached hydrogens (primary N) is 1. The van der Waals surface area contributed by atoms with Gasteiger partial charge in [0.1, 0.15) is 0 Å². The quantitative estimate of drug-likeness (QED) is 0.253. The number of nitrogens with one attached hydrogen (secondary N) is 2. The maximum atomic E-state index is 11.1. The zero-order valence-electron chi connectivity index (χ0n) is 13.5. The van der Waals surface area contributed by atoms with Crippen LogP contribution >= 0.6 is 0 Å². The van der Waals surface area contributed by atoms with Gasteiger partial charge in [-0.3, -0.25) is 14.4 Å². The molecule has 0 heterocycles. The highest BCUT2D eigenvalue weighted by molar-refractivity contribution is 7.88. The van der Waals surface area contributed by atoms with Crippen LogP contribution in [0, 0.1) is 0 Å². The summed E-state index contributed by atoms with van der Waals surface area (Å²) in [6.45, 7) is 5.81. The molecule has 0 aromatic heterocycles. The molecule has 0 spiro atoms. The van der Waals surface area contributed by atoms with E-state index in [-0.39, 0.29) is 17.7 Å². The van der Waals surface area contributed by atoms with Crippen molar-refractivity contribution < 1.29 is 25.9 Å². The molecule has 1 aliphatic rings. The highest BCUT2D eigenvalue weighted by atomic mass is 32.3. The second kappa shape index (κ2) is 8.33. The van der Waals surface area contributed by atoms with Gasteiger partial charge in [-0.2, -0.15) is 13.1 Å². The van der Waals surface area contributed by atoms with Crippen molar-refractivity contribution in [2.75, 3.05) is 6.26 Å². The predicted octanol–water partition coefficient (Wildman–Crippen LogP) is -0.189. The van der Waals surface area contributed by atoms with Crippen LogP contribution in [0.25, 0.3) is 0 Å². The first-order chi connectivity index (χ1) is 10.2. The van der Waals surface area contributed by atoms with Crippen LogP contribution in [0.5, 0.6) is 0 Å². The van der Waals surface area contributed by atoms with Crippen LogP contribution in [-0.2, 0) is 20.4 Å². The zero-order chi connectivity index (χ0) is 18.5. The summed E-state index contributed by atoms with van der Waals surface area (Å²) in [6.07, 6.45) is 7.64. The van der Waals surface area contributed by atoms with Crippen LogP contribution < -0.4 is 15.8 Å². The third kappa shape index (κ3) is 10.5. The summed E-state index contributed by atoms with van der Waals surface area (Å²) in [5, 5.41) is 3.16. The number of rotatable bonds is 5. The van der Waals surface area contributed by atoms with Gasteiger partial charge in [-0.1, -0.05) is 30.7 Å². The number of sulfonamides is 1. The predicted molar refractivity (Wildman–Crippen MR) is 88.6 cm³/mol. The van der Waals surface area contributed by atoms with E-state index in [0.29, 0.717) is 0 Å². The van der Waals surface area contributed by atoms with Crippen LogP contribution in [0.15, 0.2) is 23.8 Å². The summed E-state index contributed by atoms with van der Waals surface area (Å²) in [7, 11) is -7.86. The van der Waals surface area contributed by atoms with E-state index >= 15 is 0 Å². The Bertz CT molecular complexity index is 648. The lowest BCUT2D eigenvalue weighted by Crippen LogP contribution is -2.48. The molecule has 0 saturated carbocycles. The van der Waals surface area contributed by atoms with Gasteiger partial charge in [0.15, 0.2) is 0 Å². The molecule has 9 nitrogen and oxygen atoms in total. The molecule has 23 heavy (non-hydrogen) atoms. The van der Waals surface area contributed by atoms with E-state index in [9.17, 15) is 8.42 Å². The topological polar surface area (TPSA) is 159 Å². The summed E-state index contributed by atoms with van der Waals surface area (Å²) in [5.41, 5.74) is 6.93. The second-order valence-corrected chi connectivity index (χ2v) is 8.03. The lowest BCUT2D eigenvalue weighted by molar-refractivity contribution is 0.381. The van der Waals surface area contributed by atoms with E-state index in [1.807, 2.05) is 32.1 Å². The molecule has 1 aliphatic carbocycles. The van der Waals surface area contributed by atoms with Crippen molar-refractivity contribution in [3.63, 3.8) is 0 Å². The molecule has 0 aromatic rings. The third-order valence-corrected chi connectivity index (χ3v) is 3.96. The minimum atomic E-state index is -4.67. The molecule has 0 radical (unpaired) electrons. The Morgan fingerprint density at radius 1 is 1.35 bits per heavy atom. The van der Waals surface area contributed by atoms with Crippen molar-refractivity contribution >= 4 is 20.4 Å². The van der Waals surface area contributed by atoms with E-state index in [4.69, 9.17) is 23.3 Å². The monoisotopic (exact) mass is 371 g/mol. The first-order valence-corrected chi connectivity index (χ1v) is 10.1. The average Bonchev–Trinajstić information content (AvgIpc) is 2.29. The maximum absolute atomic E-state index is 11.1. The van der Waals surface area contributed by atoms with Crippen molar-refractivity contribution in [2.24, 2.45) is 5.73 Å². The summed E-state index contributed by atoms with van der Waals surface area (Å²) in [6, 6.07) is -0.00234. The van der Waals surface area contributed by atoms with Gasteiger partial charge in [-0.05, 0) is 20.3 Å². The van der Waals surface area contributed by atoms with Crippen LogP contribution in [-0.4, -0.2) is 49.9 Å². The van der Waals surface area contributed by atoms with Gasteiger partial charge in [-0.15, -0.1) is 0 Å². The molecular formula is C12H25N3O6S2. The summed E-state index contributed by atoms with van der Waals surface area (Å²) >= 11 is 0. The highest BCUT2D eigenvalue weighted by Gasteiger charge is 2.26. The van der Waals surface area contributed by atoms with E-state index in [1.165, 1.54) is 0 Å². The fourth-order valence-corrected chi connectivity index (χ4v) is 2.74. The fraction of sp³-hybridized carbons (Fsp3) is 0.667. The van der Waals surface area contributed by atoms with Crippen molar-refractivity contribution in [3.05, 3.63) is 23.8 Å². The SMILES string of the molecule is CCC1(N)C=CC(NC(C)NS(C)(=O)=O)C=C1C.O=S(=O)(O)O. The average molecular weight is 371 g/mol. The van der Waals surface area contributed by atoms with Crippen LogP contribution in [0.2, 0.25) is 0 Å². The molecule has 0 saturated heterocycles. The molecule has 3 atom stereocenters. The fourth-order valence-electron chi connectivity index (χ4n) is 2.03. The van der Waals surface area contributed by atoms with Gasteiger partial charge in [-0.25, -0.2) is 8.42 Å². The Kier molecular flexibility index (Phi) is 8.03. The van der Waals surface area contributed by atoms with Crippen LogP contribution in [0.3, 0.4) is 0 Å². The van der Waals surface area contributed by atoms with Crippen LogP contribution in [0.4, 0.5) is 0 Å². The first-order valence-electron chi connectivity index (χ1n) is 6.76. The minimum Gasteiger partial charge on any atom is -0.319 e. The molecule has 3 unspecified atom stereocenters. The first kappa shape index (κ1) is 22.2. The van der Waals surface area contributed by atoms with Crippen molar-refractivity contribution in [3.8, 4) is 0 Å². The lowest BCUT2D eigenvalue weighted by Gasteiger charge is -2.32. The Morgan fingerprint density at radius 2 is 1.83 bits per heavy atom. The normalized spacial score (nSPS) is 26.0. The van der Waals surface area contributed by atoms with Gasteiger partial charge < -0.3 is 5.73 Å². The Morgan fingerprint density at radius 3 is 2.17 bits per heavy atom. The van der Waals surface area contributed by atoms with Gasteiger partial charge in [0.05, 0.1) is 18.0 Å². The van der Waals surface area contributed by atoms with Crippen LogP contribution in [0.1, 0.15) is 27.2 Å². The maximum Gasteiger partial charge on any atom is 0.394 e. The zero-order valence-corrected chi connectivity index (χ0v) is 15.1. The molecular weight excluding hydrogens is 346 g/mol. The number of hydrogen-bond acceptors (Lipinski definition) is 6. The molecule has 0 aromatic carbocycles. The molecule has 11 heteroatoms. The largest absolute Gasteiger partial charge is 0.394 e. The van der Waals surface area contributed by atoms with E-state index < -0.39 is 20.4 Å². The summed E-state index contributed by atoms with van der Waals surface area (Å²) < 4.78 is 56.3. The van der Waals surface area contributed by atoms with Gasteiger partial charge in [0.25, 0.3) is 0 Å². The van der Waals surface area contributed by atoms with E-state index in [0.717, 1.165) is 18.2 Å². The molecule has 6 N–H and O–H groups in total. The smallest absolute Gasteiger partial charge is 0.319 e. The minimum absolute atomic E-state index is 0.00234. The molecule has 0 bridgehead atoms. The molecule has 136 valence electrons. The second-order valence-electron chi connectivity index (χ2n) is 5.35. The third-order valence-electron chi connectivity index (χ3n) is 3.18. The summed E-state index contributed by atoms with van der Waals surface area (Å²) in [5.74, 6) is 0. The summed E-state index contributed by atoms with van der Waals surface area (Å²) in [4.78, 5) is 0. The molecule has 0 fully saturated rings. The van der Waals surface area contributed by atoms with Crippen molar-refractivity contribution in [2.45, 2.75) is 44.9 Å². The Balaban J connectivity index is 0.000000841. The van der Waals surface area contributed by atoms with Gasteiger partial charge in [0, 0.05) is 6.04 Å². The van der Waals surface area contributed by atoms with Gasteiger partial charge >= 0.3 is 10.4 Å². The Labute approximate surface area is 137 Å². The highest BCUT2D eigenvalue weighted by Crippen LogP contribution is 2.24. The molecule has 1 rings (SSSR count). The Hall–Kier alpha value is -0.820. The van der Waals surface area contributed by atoms with Gasteiger partial charge in [0.2, 0.25) is 10.0 Å². The molecule has 0 aliphatic heterocycles.